The van der Waals surface area contributed by atoms with Crippen LogP contribution in [0.1, 0.15) is 10.4 Å². The van der Waals surface area contributed by atoms with Gasteiger partial charge < -0.3 is 0 Å². The van der Waals surface area contributed by atoms with Crippen LogP contribution in [0.2, 0.25) is 5.02 Å². The van der Waals surface area contributed by atoms with Crippen LogP contribution in [0.25, 0.3) is 22.3 Å². The molecule has 4 rings (SSSR count). The van der Waals surface area contributed by atoms with E-state index < -0.39 is 5.91 Å². The van der Waals surface area contributed by atoms with Crippen molar-refractivity contribution >= 4 is 28.4 Å². The number of amides is 1. The Kier molecular flexibility index (Phi) is 4.44. The molecule has 27 heavy (non-hydrogen) atoms. The quantitative estimate of drug-likeness (QED) is 0.594. The van der Waals surface area contributed by atoms with Crippen molar-refractivity contribution in [1.82, 2.24) is 4.68 Å². The first kappa shape index (κ1) is 17.0. The number of carbonyl (C=O) groups excluding carboxylic acids is 1. The highest BCUT2D eigenvalue weighted by molar-refractivity contribution is 6.30. The zero-order valence-corrected chi connectivity index (χ0v) is 14.9. The predicted octanol–water partition coefficient (Wildman–Crippen LogP) is 3.52. The molecule has 0 unspecified atom stereocenters. The number of fused-ring (bicyclic) bond motifs is 1. The maximum atomic E-state index is 13.1. The molecule has 0 saturated heterocycles. The van der Waals surface area contributed by atoms with E-state index in [0.717, 1.165) is 5.56 Å². The second-order valence-corrected chi connectivity index (χ2v) is 6.41. The van der Waals surface area contributed by atoms with Crippen molar-refractivity contribution in [2.75, 3.05) is 5.43 Å². The molecule has 2 N–H and O–H groups in total. The third-order valence-electron chi connectivity index (χ3n) is 4.20. The van der Waals surface area contributed by atoms with Crippen molar-refractivity contribution in [3.05, 3.63) is 99.8 Å². The molecule has 0 aliphatic carbocycles. The van der Waals surface area contributed by atoms with Gasteiger partial charge in [-0.2, -0.15) is 5.43 Å². The topological polar surface area (TPSA) is 65.2 Å². The third-order valence-corrected chi connectivity index (χ3v) is 4.46. The van der Waals surface area contributed by atoms with Crippen LogP contribution in [-0.2, 0) is 0 Å². The number of hydrogen-bond donors (Lipinski definition) is 1. The zero-order chi connectivity index (χ0) is 18.8. The highest BCUT2D eigenvalue weighted by Gasteiger charge is 2.22. The summed E-state index contributed by atoms with van der Waals surface area (Å²) >= 11 is 5.88. The third kappa shape index (κ3) is 3.32. The Morgan fingerprint density at radius 3 is 2.30 bits per heavy atom. The van der Waals surface area contributed by atoms with E-state index in [4.69, 9.17) is 11.6 Å². The van der Waals surface area contributed by atoms with Gasteiger partial charge in [-0.15, -0.1) is 0 Å². The molecule has 0 saturated carbocycles. The lowest BCUT2D eigenvalue weighted by atomic mass is 10.2. The Hall–Kier alpha value is -3.44. The lowest BCUT2D eigenvalue weighted by molar-refractivity contribution is -0.337. The van der Waals surface area contributed by atoms with Crippen LogP contribution in [0.4, 0.5) is 0 Å². The second-order valence-electron chi connectivity index (χ2n) is 5.97. The molecule has 0 atom stereocenters. The van der Waals surface area contributed by atoms with E-state index in [-0.39, 0.29) is 5.56 Å². The Balaban J connectivity index is 1.87. The number of aromatic amines is 1. The van der Waals surface area contributed by atoms with E-state index >= 15 is 0 Å². The molecule has 4 aromatic rings. The first-order valence-corrected chi connectivity index (χ1v) is 8.71. The Bertz CT molecular complexity index is 1190. The van der Waals surface area contributed by atoms with E-state index in [1.54, 1.807) is 36.4 Å². The maximum absolute atomic E-state index is 13.1. The summed E-state index contributed by atoms with van der Waals surface area (Å²) in [6, 6.07) is 23.0. The number of hydrogen-bond acceptors (Lipinski definition) is 2. The van der Waals surface area contributed by atoms with E-state index in [1.807, 2.05) is 42.5 Å². The van der Waals surface area contributed by atoms with Gasteiger partial charge in [0, 0.05) is 10.6 Å². The fourth-order valence-electron chi connectivity index (χ4n) is 2.86. The van der Waals surface area contributed by atoms with Gasteiger partial charge in [-0.3, -0.25) is 4.79 Å². The lowest BCUT2D eigenvalue weighted by Gasteiger charge is -2.08. The summed E-state index contributed by atoms with van der Waals surface area (Å²) in [4.78, 5) is 29.0. The van der Waals surface area contributed by atoms with Crippen molar-refractivity contribution in [2.24, 2.45) is 0 Å². The fraction of sp³-hybridized carbons (Fsp3) is 0. The molecule has 5 nitrogen and oxygen atoms in total. The first-order valence-electron chi connectivity index (χ1n) is 8.33. The molecule has 0 radical (unpaired) electrons. The molecule has 0 bridgehead atoms. The van der Waals surface area contributed by atoms with Gasteiger partial charge in [0.15, 0.2) is 0 Å². The Morgan fingerprint density at radius 2 is 1.56 bits per heavy atom. The van der Waals surface area contributed by atoms with Crippen LogP contribution in [0, 0.1) is 0 Å². The zero-order valence-electron chi connectivity index (χ0n) is 14.1. The number of H-pyrrole nitrogens is 1. The van der Waals surface area contributed by atoms with Gasteiger partial charge in [-0.25, -0.2) is 9.78 Å². The predicted molar refractivity (Wildman–Crippen MR) is 105 cm³/mol. The van der Waals surface area contributed by atoms with E-state index in [9.17, 15) is 9.59 Å². The van der Waals surface area contributed by atoms with E-state index in [2.05, 4.69) is 10.4 Å². The van der Waals surface area contributed by atoms with Gasteiger partial charge in [-0.05, 0) is 48.5 Å². The number of carbonyl (C=O) groups is 1. The van der Waals surface area contributed by atoms with E-state index in [0.29, 0.717) is 27.3 Å². The summed E-state index contributed by atoms with van der Waals surface area (Å²) in [6.45, 7) is 0. The molecule has 1 heterocycles. The lowest BCUT2D eigenvalue weighted by Crippen LogP contribution is -2.38. The summed E-state index contributed by atoms with van der Waals surface area (Å²) in [7, 11) is 0. The molecule has 0 aliphatic heterocycles. The van der Waals surface area contributed by atoms with Crippen LogP contribution in [0.5, 0.6) is 0 Å². The SMILES string of the molecule is O=C(Nn1c(-c2ccccc2)[nH+]c2ccccc2c1=O)c1ccc(Cl)cc1. The molecule has 1 amide bonds. The van der Waals surface area contributed by atoms with Crippen LogP contribution in [0.3, 0.4) is 0 Å². The molecular formula is C21H15ClN3O2+. The summed E-state index contributed by atoms with van der Waals surface area (Å²) in [6.07, 6.45) is 0. The number of para-hydroxylation sites is 1. The van der Waals surface area contributed by atoms with Crippen molar-refractivity contribution in [3.8, 4) is 11.4 Å². The maximum Gasteiger partial charge on any atom is 0.369 e. The minimum atomic E-state index is -0.408. The van der Waals surface area contributed by atoms with Crippen LogP contribution in [-0.4, -0.2) is 10.6 Å². The summed E-state index contributed by atoms with van der Waals surface area (Å²) in [5.74, 6) is 0.0799. The van der Waals surface area contributed by atoms with Crippen LogP contribution >= 0.6 is 11.6 Å². The Labute approximate surface area is 159 Å². The normalized spacial score (nSPS) is 10.7. The summed E-state index contributed by atoms with van der Waals surface area (Å²) in [5.41, 5.74) is 4.25. The highest BCUT2D eigenvalue weighted by atomic mass is 35.5. The molecule has 0 fully saturated rings. The highest BCUT2D eigenvalue weighted by Crippen LogP contribution is 2.15. The van der Waals surface area contributed by atoms with Gasteiger partial charge in [0.2, 0.25) is 0 Å². The van der Waals surface area contributed by atoms with Crippen molar-refractivity contribution in [3.63, 3.8) is 0 Å². The molecule has 6 heteroatoms. The van der Waals surface area contributed by atoms with Crippen molar-refractivity contribution in [2.45, 2.75) is 0 Å². The first-order chi connectivity index (χ1) is 13.1. The average molecular weight is 377 g/mol. The molecule has 3 aromatic carbocycles. The van der Waals surface area contributed by atoms with Gasteiger partial charge in [0.1, 0.15) is 10.9 Å². The number of nitrogens with zero attached hydrogens (tertiary/aromatic N) is 1. The fourth-order valence-corrected chi connectivity index (χ4v) is 2.98. The van der Waals surface area contributed by atoms with Gasteiger partial charge >= 0.3 is 11.4 Å². The molecule has 132 valence electrons. The van der Waals surface area contributed by atoms with Crippen LogP contribution < -0.4 is 16.0 Å². The van der Waals surface area contributed by atoms with Gasteiger partial charge in [0.05, 0.1) is 5.56 Å². The number of aromatic nitrogens is 2. The van der Waals surface area contributed by atoms with Gasteiger partial charge in [0.25, 0.3) is 5.91 Å². The largest absolute Gasteiger partial charge is 0.369 e. The van der Waals surface area contributed by atoms with E-state index in [1.165, 1.54) is 4.68 Å². The Morgan fingerprint density at radius 1 is 0.889 bits per heavy atom. The molecule has 0 spiro atoms. The monoisotopic (exact) mass is 376 g/mol. The summed E-state index contributed by atoms with van der Waals surface area (Å²) in [5, 5.41) is 1.02. The van der Waals surface area contributed by atoms with Crippen LogP contribution in [0.15, 0.2) is 83.7 Å². The minimum absolute atomic E-state index is 0.314. The number of rotatable bonds is 3. The number of benzene rings is 3. The smallest absolute Gasteiger partial charge is 0.266 e. The number of nitrogens with one attached hydrogen (secondary N) is 2. The molecule has 1 aromatic heterocycles. The minimum Gasteiger partial charge on any atom is -0.266 e. The second kappa shape index (κ2) is 7.05. The molecule has 0 aliphatic rings. The number of halogens is 1. The van der Waals surface area contributed by atoms with Gasteiger partial charge in [-0.1, -0.05) is 46.6 Å². The van der Waals surface area contributed by atoms with Crippen molar-refractivity contribution < 1.29 is 9.78 Å². The van der Waals surface area contributed by atoms with Crippen molar-refractivity contribution in [1.29, 1.82) is 0 Å². The average Bonchev–Trinajstić information content (AvgIpc) is 2.71. The standard InChI is InChI=1S/C21H14ClN3O2/c22-16-12-10-15(11-13-16)20(26)24-25-19(14-6-2-1-3-7-14)23-18-9-5-4-8-17(18)21(25)27/h1-13H,(H,24,26)/p+1. The summed E-state index contributed by atoms with van der Waals surface area (Å²) < 4.78 is 1.24. The molecular weight excluding hydrogens is 362 g/mol.